The van der Waals surface area contributed by atoms with E-state index in [1.54, 1.807) is 18.2 Å². The molecule has 0 bridgehead atoms. The number of rotatable bonds is 11. The smallest absolute Gasteiger partial charge is 0.243 e. The van der Waals surface area contributed by atoms with Crippen LogP contribution in [0.1, 0.15) is 44.7 Å². The molecule has 0 aliphatic carbocycles. The number of carbonyl (C=O) groups is 2. The fourth-order valence-electron chi connectivity index (χ4n) is 4.21. The van der Waals surface area contributed by atoms with E-state index in [4.69, 9.17) is 0 Å². The van der Waals surface area contributed by atoms with E-state index in [0.717, 1.165) is 32.6 Å². The first kappa shape index (κ1) is 28.3. The number of hydrogen-bond donors (Lipinski definition) is 1. The molecular formula is C29H37N3O4S. The second kappa shape index (κ2) is 12.3. The van der Waals surface area contributed by atoms with Crippen LogP contribution in [0.2, 0.25) is 0 Å². The van der Waals surface area contributed by atoms with E-state index in [9.17, 15) is 18.0 Å². The summed E-state index contributed by atoms with van der Waals surface area (Å²) in [5.41, 5.74) is 1.90. The molecule has 2 amide bonds. The van der Waals surface area contributed by atoms with E-state index in [1.807, 2.05) is 76.2 Å². The predicted molar refractivity (Wildman–Crippen MR) is 147 cm³/mol. The van der Waals surface area contributed by atoms with Crippen molar-refractivity contribution in [1.29, 1.82) is 0 Å². The van der Waals surface area contributed by atoms with Gasteiger partial charge in [-0.1, -0.05) is 68.4 Å². The number of hydrogen-bond acceptors (Lipinski definition) is 4. The van der Waals surface area contributed by atoms with Crippen LogP contribution >= 0.6 is 0 Å². The summed E-state index contributed by atoms with van der Waals surface area (Å²) in [7, 11) is -2.53. The summed E-state index contributed by atoms with van der Waals surface area (Å²) in [5, 5.41) is 4.71. The van der Waals surface area contributed by atoms with Crippen LogP contribution in [-0.2, 0) is 26.2 Å². The van der Waals surface area contributed by atoms with Gasteiger partial charge in [0.05, 0.1) is 11.4 Å². The SMILES string of the molecule is CC[C@H](C(=O)N[C@@H](C)CC)N(Cc1ccccc1C)C(=O)CN(C)S(=O)(=O)c1ccc2ccccc2c1. The summed E-state index contributed by atoms with van der Waals surface area (Å²) in [5.74, 6) is -0.667. The van der Waals surface area contributed by atoms with Gasteiger partial charge in [0.2, 0.25) is 21.8 Å². The lowest BCUT2D eigenvalue weighted by molar-refractivity contribution is -0.141. The third-order valence-electron chi connectivity index (χ3n) is 6.78. The lowest BCUT2D eigenvalue weighted by atomic mass is 10.1. The largest absolute Gasteiger partial charge is 0.352 e. The number of nitrogens with one attached hydrogen (secondary N) is 1. The van der Waals surface area contributed by atoms with Crippen molar-refractivity contribution in [2.75, 3.05) is 13.6 Å². The Morgan fingerprint density at radius 1 is 0.919 bits per heavy atom. The van der Waals surface area contributed by atoms with Crippen LogP contribution in [0.4, 0.5) is 0 Å². The predicted octanol–water partition coefficient (Wildman–Crippen LogP) is 4.49. The summed E-state index contributed by atoms with van der Waals surface area (Å²) < 4.78 is 27.8. The number of benzene rings is 3. The van der Waals surface area contributed by atoms with Gasteiger partial charge in [-0.05, 0) is 60.7 Å². The van der Waals surface area contributed by atoms with Gasteiger partial charge in [-0.25, -0.2) is 8.42 Å². The highest BCUT2D eigenvalue weighted by molar-refractivity contribution is 7.89. The maximum atomic E-state index is 13.7. The van der Waals surface area contributed by atoms with Crippen molar-refractivity contribution >= 4 is 32.6 Å². The second-order valence-corrected chi connectivity index (χ2v) is 11.5. The standard InChI is InChI=1S/C29H37N3O4S/c1-6-22(4)30-29(34)27(7-2)32(19-25-15-9-8-12-21(25)3)28(33)20-31(5)37(35,36)26-17-16-23-13-10-11-14-24(23)18-26/h8-18,22,27H,6-7,19-20H2,1-5H3,(H,30,34)/t22-,27+/m0/s1. The first-order chi connectivity index (χ1) is 17.6. The van der Waals surface area contributed by atoms with E-state index in [2.05, 4.69) is 5.32 Å². The van der Waals surface area contributed by atoms with Gasteiger partial charge < -0.3 is 10.2 Å². The highest BCUT2D eigenvalue weighted by atomic mass is 32.2. The normalized spacial score (nSPS) is 13.4. The molecule has 0 aliphatic rings. The molecule has 0 heterocycles. The second-order valence-electron chi connectivity index (χ2n) is 9.46. The minimum Gasteiger partial charge on any atom is -0.352 e. The molecule has 7 nitrogen and oxygen atoms in total. The van der Waals surface area contributed by atoms with Crippen molar-refractivity contribution in [2.24, 2.45) is 0 Å². The highest BCUT2D eigenvalue weighted by Gasteiger charge is 2.32. The maximum Gasteiger partial charge on any atom is 0.243 e. The molecule has 0 spiro atoms. The summed E-state index contributed by atoms with van der Waals surface area (Å²) in [4.78, 5) is 28.4. The lowest BCUT2D eigenvalue weighted by Gasteiger charge is -2.33. The molecule has 0 saturated carbocycles. The number of amides is 2. The Hall–Kier alpha value is -3.23. The molecule has 3 aromatic carbocycles. The molecule has 0 fully saturated rings. The van der Waals surface area contributed by atoms with E-state index < -0.39 is 22.0 Å². The molecule has 0 saturated heterocycles. The Bertz CT molecular complexity index is 1360. The van der Waals surface area contributed by atoms with Crippen molar-refractivity contribution < 1.29 is 18.0 Å². The highest BCUT2D eigenvalue weighted by Crippen LogP contribution is 2.22. The number of nitrogens with zero attached hydrogens (tertiary/aromatic N) is 2. The van der Waals surface area contributed by atoms with E-state index in [-0.39, 0.29) is 29.9 Å². The van der Waals surface area contributed by atoms with E-state index in [1.165, 1.54) is 11.9 Å². The average Bonchev–Trinajstić information content (AvgIpc) is 2.89. The van der Waals surface area contributed by atoms with Gasteiger partial charge in [-0.15, -0.1) is 0 Å². The number of carbonyl (C=O) groups excluding carboxylic acids is 2. The van der Waals surface area contributed by atoms with Gasteiger partial charge in [0.15, 0.2) is 0 Å². The first-order valence-electron chi connectivity index (χ1n) is 12.7. The summed E-state index contributed by atoms with van der Waals surface area (Å²) in [6.07, 6.45) is 1.17. The van der Waals surface area contributed by atoms with Crippen molar-refractivity contribution in [3.05, 3.63) is 77.9 Å². The van der Waals surface area contributed by atoms with Gasteiger partial charge in [-0.2, -0.15) is 4.31 Å². The minimum atomic E-state index is -3.93. The van der Waals surface area contributed by atoms with Gasteiger partial charge >= 0.3 is 0 Å². The van der Waals surface area contributed by atoms with Crippen LogP contribution in [0.15, 0.2) is 71.6 Å². The van der Waals surface area contributed by atoms with Crippen molar-refractivity contribution in [2.45, 2.75) is 64.1 Å². The maximum absolute atomic E-state index is 13.7. The number of aryl methyl sites for hydroxylation is 1. The zero-order valence-electron chi connectivity index (χ0n) is 22.3. The van der Waals surface area contributed by atoms with Gasteiger partial charge in [0.25, 0.3) is 0 Å². The fraction of sp³-hybridized carbons (Fsp3) is 0.379. The number of sulfonamides is 1. The topological polar surface area (TPSA) is 86.8 Å². The molecule has 0 aromatic heterocycles. The van der Waals surface area contributed by atoms with Crippen LogP contribution in [0.25, 0.3) is 10.8 Å². The number of likely N-dealkylation sites (N-methyl/N-ethyl adjacent to an activating group) is 1. The van der Waals surface area contributed by atoms with Crippen LogP contribution in [0.3, 0.4) is 0 Å². The molecule has 0 radical (unpaired) electrons. The Morgan fingerprint density at radius 3 is 2.22 bits per heavy atom. The fourth-order valence-corrected chi connectivity index (χ4v) is 5.36. The summed E-state index contributed by atoms with van der Waals surface area (Å²) >= 11 is 0. The van der Waals surface area contributed by atoms with Crippen molar-refractivity contribution in [3.8, 4) is 0 Å². The summed E-state index contributed by atoms with van der Waals surface area (Å²) in [6, 6.07) is 19.4. The molecule has 3 aromatic rings. The first-order valence-corrected chi connectivity index (χ1v) is 14.1. The van der Waals surface area contributed by atoms with Gasteiger partial charge in [0.1, 0.15) is 6.04 Å². The molecule has 0 unspecified atom stereocenters. The van der Waals surface area contributed by atoms with Gasteiger partial charge in [0, 0.05) is 19.6 Å². The van der Waals surface area contributed by atoms with Crippen molar-refractivity contribution in [3.63, 3.8) is 0 Å². The molecule has 8 heteroatoms. The Balaban J connectivity index is 1.89. The molecule has 198 valence electrons. The zero-order chi connectivity index (χ0) is 27.2. The van der Waals surface area contributed by atoms with Gasteiger partial charge in [-0.3, -0.25) is 9.59 Å². The van der Waals surface area contributed by atoms with Crippen LogP contribution < -0.4 is 5.32 Å². The Labute approximate surface area is 220 Å². The third-order valence-corrected chi connectivity index (χ3v) is 8.58. The Morgan fingerprint density at radius 2 is 1.57 bits per heavy atom. The lowest BCUT2D eigenvalue weighted by Crippen LogP contribution is -2.53. The third kappa shape index (κ3) is 6.76. The van der Waals surface area contributed by atoms with Crippen LogP contribution in [0.5, 0.6) is 0 Å². The van der Waals surface area contributed by atoms with Crippen LogP contribution in [0, 0.1) is 6.92 Å². The minimum absolute atomic E-state index is 0.0343. The number of fused-ring (bicyclic) bond motifs is 1. The van der Waals surface area contributed by atoms with Crippen molar-refractivity contribution in [1.82, 2.24) is 14.5 Å². The average molecular weight is 524 g/mol. The monoisotopic (exact) mass is 523 g/mol. The Kier molecular flexibility index (Phi) is 9.45. The molecule has 0 aliphatic heterocycles. The molecule has 2 atom stereocenters. The molecule has 1 N–H and O–H groups in total. The molecule has 37 heavy (non-hydrogen) atoms. The molecular weight excluding hydrogens is 486 g/mol. The molecule has 3 rings (SSSR count). The van der Waals surface area contributed by atoms with Crippen LogP contribution in [-0.4, -0.2) is 55.1 Å². The van der Waals surface area contributed by atoms with E-state index in [0.29, 0.717) is 6.42 Å². The quantitative estimate of drug-likeness (QED) is 0.401. The van der Waals surface area contributed by atoms with E-state index >= 15 is 0 Å². The summed E-state index contributed by atoms with van der Waals surface area (Å²) in [6.45, 7) is 7.54. The zero-order valence-corrected chi connectivity index (χ0v) is 23.1.